The molecule has 2 unspecified atom stereocenters. The Labute approximate surface area is 104 Å². The van der Waals surface area contributed by atoms with Gasteiger partial charge in [-0.15, -0.1) is 0 Å². The van der Waals surface area contributed by atoms with Gasteiger partial charge in [0, 0.05) is 23.7 Å². The summed E-state index contributed by atoms with van der Waals surface area (Å²) in [6, 6.07) is 0.485. The van der Waals surface area contributed by atoms with Gasteiger partial charge >= 0.3 is 0 Å². The highest BCUT2D eigenvalue weighted by molar-refractivity contribution is 8.00. The maximum Gasteiger partial charge on any atom is 0.0785 e. The van der Waals surface area contributed by atoms with Crippen LogP contribution in [0.2, 0.25) is 0 Å². The van der Waals surface area contributed by atoms with Gasteiger partial charge in [0.05, 0.1) is 12.7 Å². The lowest BCUT2D eigenvalue weighted by Crippen LogP contribution is -2.32. The molecule has 0 aromatic carbocycles. The molecule has 2 N–H and O–H groups in total. The minimum absolute atomic E-state index is 0.325. The number of hydrogen-bond donors (Lipinski definition) is 2. The Bertz CT molecular complexity index is 171. The molecule has 0 spiro atoms. The third-order valence-corrected chi connectivity index (χ3v) is 3.63. The van der Waals surface area contributed by atoms with E-state index in [9.17, 15) is 5.11 Å². The molecule has 16 heavy (non-hydrogen) atoms. The van der Waals surface area contributed by atoms with Gasteiger partial charge in [-0.1, -0.05) is 20.8 Å². The van der Waals surface area contributed by atoms with Crippen LogP contribution in [0.15, 0.2) is 0 Å². The minimum Gasteiger partial charge on any atom is -0.391 e. The quantitative estimate of drug-likeness (QED) is 0.689. The van der Waals surface area contributed by atoms with Gasteiger partial charge in [0.2, 0.25) is 0 Å². The lowest BCUT2D eigenvalue weighted by Gasteiger charge is -2.21. The van der Waals surface area contributed by atoms with E-state index in [4.69, 9.17) is 4.74 Å². The summed E-state index contributed by atoms with van der Waals surface area (Å²) in [5.41, 5.74) is 0. The first kappa shape index (κ1) is 16.2. The summed E-state index contributed by atoms with van der Waals surface area (Å²) in [4.78, 5) is 0. The van der Waals surface area contributed by atoms with Crippen LogP contribution in [0.25, 0.3) is 0 Å². The molecule has 0 aromatic rings. The van der Waals surface area contributed by atoms with E-state index in [-0.39, 0.29) is 6.10 Å². The fourth-order valence-electron chi connectivity index (χ4n) is 1.21. The van der Waals surface area contributed by atoms with Crippen LogP contribution < -0.4 is 5.32 Å². The zero-order chi connectivity index (χ0) is 12.6. The molecule has 0 aliphatic heterocycles. The van der Waals surface area contributed by atoms with Crippen molar-refractivity contribution in [3.8, 4) is 0 Å². The standard InChI is InChI=1S/C12H27NO2S/c1-10(9-16-12(2,3)4)13-7-6-11(14)8-15-5/h10-11,13-14H,6-9H2,1-5H3. The van der Waals surface area contributed by atoms with Crippen LogP contribution in [0.4, 0.5) is 0 Å². The Morgan fingerprint density at radius 1 is 1.38 bits per heavy atom. The number of hydrogen-bond acceptors (Lipinski definition) is 4. The molecule has 0 aliphatic rings. The summed E-state index contributed by atoms with van der Waals surface area (Å²) in [7, 11) is 1.61. The first-order valence-electron chi connectivity index (χ1n) is 5.89. The lowest BCUT2D eigenvalue weighted by atomic mass is 10.2. The highest BCUT2D eigenvalue weighted by Crippen LogP contribution is 2.23. The molecule has 0 amide bonds. The first-order chi connectivity index (χ1) is 7.35. The van der Waals surface area contributed by atoms with Crippen LogP contribution in [0.3, 0.4) is 0 Å². The number of nitrogens with one attached hydrogen (secondary N) is 1. The fourth-order valence-corrected chi connectivity index (χ4v) is 2.07. The molecule has 0 saturated heterocycles. The van der Waals surface area contributed by atoms with Crippen LogP contribution in [-0.2, 0) is 4.74 Å². The van der Waals surface area contributed by atoms with E-state index in [1.165, 1.54) is 0 Å². The molecule has 0 bridgehead atoms. The van der Waals surface area contributed by atoms with Gasteiger partial charge in [0.25, 0.3) is 0 Å². The van der Waals surface area contributed by atoms with Crippen LogP contribution in [0.1, 0.15) is 34.1 Å². The summed E-state index contributed by atoms with van der Waals surface area (Å²) >= 11 is 1.96. The average molecular weight is 249 g/mol. The van der Waals surface area contributed by atoms with Gasteiger partial charge < -0.3 is 15.2 Å². The van der Waals surface area contributed by atoms with Gasteiger partial charge in [-0.2, -0.15) is 11.8 Å². The van der Waals surface area contributed by atoms with Gasteiger partial charge in [0.1, 0.15) is 0 Å². The number of ether oxygens (including phenoxy) is 1. The number of methoxy groups -OCH3 is 1. The molecule has 2 atom stereocenters. The molecular formula is C12H27NO2S. The van der Waals surface area contributed by atoms with Crippen molar-refractivity contribution in [2.24, 2.45) is 0 Å². The van der Waals surface area contributed by atoms with E-state index < -0.39 is 0 Å². The topological polar surface area (TPSA) is 41.5 Å². The second-order valence-corrected chi connectivity index (χ2v) is 7.02. The molecule has 0 aliphatic carbocycles. The molecule has 0 fully saturated rings. The zero-order valence-corrected chi connectivity index (χ0v) is 12.1. The number of aliphatic hydroxyl groups excluding tert-OH is 1. The van der Waals surface area contributed by atoms with Gasteiger partial charge in [0.15, 0.2) is 0 Å². The van der Waals surface area contributed by atoms with E-state index in [2.05, 4.69) is 33.0 Å². The molecule has 98 valence electrons. The minimum atomic E-state index is -0.347. The average Bonchev–Trinajstić information content (AvgIpc) is 2.14. The zero-order valence-electron chi connectivity index (χ0n) is 11.2. The SMILES string of the molecule is COCC(O)CCNC(C)CSC(C)(C)C. The Balaban J connectivity index is 3.47. The van der Waals surface area contributed by atoms with Crippen LogP contribution in [-0.4, -0.2) is 48.0 Å². The predicted octanol–water partition coefficient (Wildman–Crippen LogP) is 1.89. The second-order valence-electron chi connectivity index (χ2n) is 5.18. The molecular weight excluding hydrogens is 222 g/mol. The van der Waals surface area contributed by atoms with E-state index in [0.717, 1.165) is 18.7 Å². The van der Waals surface area contributed by atoms with Crippen molar-refractivity contribution in [1.29, 1.82) is 0 Å². The lowest BCUT2D eigenvalue weighted by molar-refractivity contribution is 0.0592. The monoisotopic (exact) mass is 249 g/mol. The van der Waals surface area contributed by atoms with Crippen molar-refractivity contribution in [3.05, 3.63) is 0 Å². The second kappa shape index (κ2) is 8.34. The van der Waals surface area contributed by atoms with Crippen molar-refractivity contribution >= 4 is 11.8 Å². The van der Waals surface area contributed by atoms with Gasteiger partial charge in [-0.3, -0.25) is 0 Å². The molecule has 0 heterocycles. The van der Waals surface area contributed by atoms with E-state index in [1.54, 1.807) is 7.11 Å². The van der Waals surface area contributed by atoms with E-state index in [0.29, 0.717) is 17.4 Å². The Hall–Kier alpha value is 0.230. The molecule has 0 radical (unpaired) electrons. The Kier molecular flexibility index (Phi) is 8.46. The Morgan fingerprint density at radius 3 is 2.50 bits per heavy atom. The van der Waals surface area contributed by atoms with Crippen molar-refractivity contribution in [2.45, 2.75) is 51.0 Å². The van der Waals surface area contributed by atoms with Crippen molar-refractivity contribution in [3.63, 3.8) is 0 Å². The summed E-state index contributed by atoms with van der Waals surface area (Å²) in [5.74, 6) is 1.10. The summed E-state index contributed by atoms with van der Waals surface area (Å²) in [6.45, 7) is 10.1. The third kappa shape index (κ3) is 10.7. The molecule has 0 rings (SSSR count). The normalized spacial score (nSPS) is 16.1. The van der Waals surface area contributed by atoms with E-state index >= 15 is 0 Å². The highest BCUT2D eigenvalue weighted by atomic mass is 32.2. The van der Waals surface area contributed by atoms with Crippen molar-refractivity contribution in [1.82, 2.24) is 5.32 Å². The maximum absolute atomic E-state index is 9.45. The number of rotatable bonds is 8. The van der Waals surface area contributed by atoms with Crippen LogP contribution in [0.5, 0.6) is 0 Å². The summed E-state index contributed by atoms with van der Waals surface area (Å²) < 4.78 is 5.20. The molecule has 4 heteroatoms. The van der Waals surface area contributed by atoms with E-state index in [1.807, 2.05) is 11.8 Å². The first-order valence-corrected chi connectivity index (χ1v) is 6.88. The van der Waals surface area contributed by atoms with Gasteiger partial charge in [-0.05, 0) is 19.9 Å². The van der Waals surface area contributed by atoms with Crippen LogP contribution >= 0.6 is 11.8 Å². The molecule has 3 nitrogen and oxygen atoms in total. The summed E-state index contributed by atoms with van der Waals surface area (Å²) in [6.07, 6.45) is 0.401. The third-order valence-electron chi connectivity index (χ3n) is 2.10. The highest BCUT2D eigenvalue weighted by Gasteiger charge is 2.12. The smallest absolute Gasteiger partial charge is 0.0785 e. The molecule has 0 aromatic heterocycles. The maximum atomic E-state index is 9.45. The number of thioether (sulfide) groups is 1. The van der Waals surface area contributed by atoms with Crippen molar-refractivity contribution < 1.29 is 9.84 Å². The molecule has 0 saturated carbocycles. The van der Waals surface area contributed by atoms with Crippen LogP contribution in [0, 0.1) is 0 Å². The predicted molar refractivity (Wildman–Crippen MR) is 72.2 cm³/mol. The number of aliphatic hydroxyl groups is 1. The summed E-state index contributed by atoms with van der Waals surface area (Å²) in [5, 5.41) is 12.9. The fraction of sp³-hybridized carbons (Fsp3) is 1.00. The largest absolute Gasteiger partial charge is 0.391 e. The van der Waals surface area contributed by atoms with Gasteiger partial charge in [-0.25, -0.2) is 0 Å². The Morgan fingerprint density at radius 2 is 2.00 bits per heavy atom. The van der Waals surface area contributed by atoms with Crippen molar-refractivity contribution in [2.75, 3.05) is 26.0 Å².